The Kier molecular flexibility index (Phi) is 11.1. The first kappa shape index (κ1) is 39.8. The zero-order valence-electron chi connectivity index (χ0n) is 31.6. The van der Waals surface area contributed by atoms with Crippen LogP contribution >= 0.6 is 0 Å². The van der Waals surface area contributed by atoms with Gasteiger partial charge in [0.2, 0.25) is 27.7 Å². The minimum Gasteiger partial charge on any atom is -0.497 e. The van der Waals surface area contributed by atoms with Gasteiger partial charge in [0.05, 0.1) is 30.6 Å². The van der Waals surface area contributed by atoms with E-state index < -0.39 is 86.0 Å². The third kappa shape index (κ3) is 9.39. The fourth-order valence-electron chi connectivity index (χ4n) is 6.52. The highest BCUT2D eigenvalue weighted by Gasteiger charge is 2.62. The lowest BCUT2D eigenvalue weighted by atomic mass is 10.1. The molecule has 5 rings (SSSR count). The number of nitrogens with one attached hydrogen (secondary N) is 3. The quantitative estimate of drug-likeness (QED) is 0.254. The van der Waals surface area contributed by atoms with Crippen LogP contribution in [-0.4, -0.2) is 102 Å². The molecule has 15 nitrogen and oxygen atoms in total. The maximum atomic E-state index is 14.6. The molecule has 6 atom stereocenters. The Morgan fingerprint density at radius 2 is 1.77 bits per heavy atom. The SMILES string of the molecule is C=CC1CC1(NC(=O)C1CC(Oc2nccc3cc(OC)ccc23)CN1C(=O)C(NC(=O)OC(C)(C)C)C(C)OC(C)(C)C)C(=O)NS(=O)(=O)C1CC1. The monoisotopic (exact) mass is 757 g/mol. The molecular formula is C37H51N5O10S. The molecule has 4 amide bonds. The topological polar surface area (TPSA) is 192 Å². The minimum atomic E-state index is -3.92. The summed E-state index contributed by atoms with van der Waals surface area (Å²) in [4.78, 5) is 61.2. The first-order valence-electron chi connectivity index (χ1n) is 17.7. The molecule has 290 valence electrons. The molecule has 2 saturated carbocycles. The van der Waals surface area contributed by atoms with Crippen molar-refractivity contribution in [1.82, 2.24) is 25.2 Å². The summed E-state index contributed by atoms with van der Waals surface area (Å²) in [5.74, 6) is -1.86. The van der Waals surface area contributed by atoms with Crippen molar-refractivity contribution in [1.29, 1.82) is 0 Å². The highest BCUT2D eigenvalue weighted by molar-refractivity contribution is 7.91. The summed E-state index contributed by atoms with van der Waals surface area (Å²) in [6.45, 7) is 15.8. The van der Waals surface area contributed by atoms with Gasteiger partial charge in [-0.25, -0.2) is 18.2 Å². The third-order valence-corrected chi connectivity index (χ3v) is 11.1. The van der Waals surface area contributed by atoms with Gasteiger partial charge >= 0.3 is 6.09 Å². The van der Waals surface area contributed by atoms with Crippen LogP contribution in [0.4, 0.5) is 4.79 Å². The smallest absolute Gasteiger partial charge is 0.408 e. The average Bonchev–Trinajstić information content (AvgIpc) is 3.98. The molecule has 0 spiro atoms. The summed E-state index contributed by atoms with van der Waals surface area (Å²) in [5, 5.41) is 6.24. The number of sulfonamides is 1. The molecule has 3 fully saturated rings. The van der Waals surface area contributed by atoms with Crippen molar-refractivity contribution in [2.45, 2.75) is 120 Å². The lowest BCUT2D eigenvalue weighted by Crippen LogP contribution is -2.60. The van der Waals surface area contributed by atoms with Crippen LogP contribution in [-0.2, 0) is 33.9 Å². The van der Waals surface area contributed by atoms with Gasteiger partial charge in [-0.2, -0.15) is 0 Å². The molecule has 53 heavy (non-hydrogen) atoms. The lowest BCUT2D eigenvalue weighted by molar-refractivity contribution is -0.146. The zero-order chi connectivity index (χ0) is 39.1. The summed E-state index contributed by atoms with van der Waals surface area (Å²) >= 11 is 0. The van der Waals surface area contributed by atoms with Crippen molar-refractivity contribution in [3.63, 3.8) is 0 Å². The number of ether oxygens (including phenoxy) is 4. The fourth-order valence-corrected chi connectivity index (χ4v) is 7.88. The van der Waals surface area contributed by atoms with E-state index in [0.29, 0.717) is 24.0 Å². The van der Waals surface area contributed by atoms with E-state index in [1.54, 1.807) is 80.0 Å². The van der Waals surface area contributed by atoms with Crippen molar-refractivity contribution in [2.75, 3.05) is 13.7 Å². The van der Waals surface area contributed by atoms with E-state index in [1.165, 1.54) is 11.0 Å². The van der Waals surface area contributed by atoms with Crippen LogP contribution in [0.2, 0.25) is 0 Å². The Morgan fingerprint density at radius 1 is 1.08 bits per heavy atom. The summed E-state index contributed by atoms with van der Waals surface area (Å²) < 4.78 is 50.9. The molecule has 1 aromatic carbocycles. The molecule has 1 aliphatic heterocycles. The van der Waals surface area contributed by atoms with Crippen LogP contribution in [0.1, 0.15) is 74.1 Å². The highest BCUT2D eigenvalue weighted by Crippen LogP contribution is 2.45. The largest absolute Gasteiger partial charge is 0.497 e. The maximum Gasteiger partial charge on any atom is 0.408 e. The van der Waals surface area contributed by atoms with Gasteiger partial charge in [0, 0.05) is 23.9 Å². The van der Waals surface area contributed by atoms with E-state index in [9.17, 15) is 27.6 Å². The lowest BCUT2D eigenvalue weighted by Gasteiger charge is -2.35. The van der Waals surface area contributed by atoms with E-state index in [4.69, 9.17) is 18.9 Å². The van der Waals surface area contributed by atoms with Crippen LogP contribution < -0.4 is 24.8 Å². The molecule has 2 aromatic rings. The van der Waals surface area contributed by atoms with Crippen LogP contribution in [0.15, 0.2) is 43.1 Å². The molecular weight excluding hydrogens is 706 g/mol. The summed E-state index contributed by atoms with van der Waals surface area (Å²) in [5.41, 5.74) is -3.17. The van der Waals surface area contributed by atoms with E-state index in [2.05, 4.69) is 26.9 Å². The first-order valence-corrected chi connectivity index (χ1v) is 19.3. The number of carbonyl (C=O) groups excluding carboxylic acids is 4. The Bertz CT molecular complexity index is 1870. The number of pyridine rings is 1. The number of methoxy groups -OCH3 is 1. The second-order valence-electron chi connectivity index (χ2n) is 15.9. The standard InChI is InChI=1S/C37H51N5O10S/c1-10-23-19-37(23,33(45)41-53(47,48)26-12-13-26)40-30(43)28-18-25(50-31-27-14-11-24(49-9)17-22(27)15-16-38-31)20-42(28)32(44)29(21(2)51-35(3,4)5)39-34(46)52-36(6,7)8/h10-11,14-17,21,23,25-26,28-29H,1,12-13,18-20H2,2-9H3,(H,39,46)(H,40,43)(H,41,45). The van der Waals surface area contributed by atoms with E-state index in [0.717, 1.165) is 5.39 Å². The van der Waals surface area contributed by atoms with Crippen LogP contribution in [0.5, 0.6) is 11.6 Å². The summed E-state index contributed by atoms with van der Waals surface area (Å²) in [6.07, 6.45) is 1.56. The molecule has 3 N–H and O–H groups in total. The van der Waals surface area contributed by atoms with Crippen molar-refractivity contribution in [3.8, 4) is 11.6 Å². The number of rotatable bonds is 13. The van der Waals surface area contributed by atoms with E-state index >= 15 is 0 Å². The number of nitrogens with zero attached hydrogens (tertiary/aromatic N) is 2. The molecule has 16 heteroatoms. The van der Waals surface area contributed by atoms with Crippen molar-refractivity contribution < 1.29 is 46.5 Å². The maximum absolute atomic E-state index is 14.6. The molecule has 2 aliphatic carbocycles. The Labute approximate surface area is 310 Å². The Balaban J connectivity index is 1.47. The van der Waals surface area contributed by atoms with E-state index in [1.807, 2.05) is 6.07 Å². The number of hydrogen-bond acceptors (Lipinski definition) is 11. The van der Waals surface area contributed by atoms with Crippen LogP contribution in [0.25, 0.3) is 10.8 Å². The van der Waals surface area contributed by atoms with E-state index in [-0.39, 0.29) is 25.3 Å². The zero-order valence-corrected chi connectivity index (χ0v) is 32.4. The second-order valence-corrected chi connectivity index (χ2v) is 17.9. The Morgan fingerprint density at radius 3 is 2.36 bits per heavy atom. The molecule has 3 aliphatic rings. The predicted molar refractivity (Wildman–Crippen MR) is 196 cm³/mol. The number of benzene rings is 1. The van der Waals surface area contributed by atoms with Gasteiger partial charge in [0.25, 0.3) is 5.91 Å². The molecule has 0 radical (unpaired) electrons. The number of hydrogen-bond donors (Lipinski definition) is 3. The van der Waals surface area contributed by atoms with Crippen molar-refractivity contribution in [2.24, 2.45) is 5.92 Å². The van der Waals surface area contributed by atoms with Gasteiger partial charge in [0.1, 0.15) is 35.1 Å². The van der Waals surface area contributed by atoms with Gasteiger partial charge in [0.15, 0.2) is 0 Å². The van der Waals surface area contributed by atoms with Crippen LogP contribution in [0, 0.1) is 5.92 Å². The Hall–Kier alpha value is -4.44. The fraction of sp³-hybridized carbons (Fsp3) is 0.595. The second kappa shape index (κ2) is 14.8. The first-order chi connectivity index (χ1) is 24.7. The minimum absolute atomic E-state index is 0.0176. The molecule has 1 saturated heterocycles. The molecule has 1 aromatic heterocycles. The summed E-state index contributed by atoms with van der Waals surface area (Å²) in [6, 6.07) is 4.68. The molecule has 6 unspecified atom stereocenters. The number of alkyl carbamates (subject to hydrolysis) is 1. The third-order valence-electron chi connectivity index (χ3n) is 9.26. The average molecular weight is 758 g/mol. The van der Waals surface area contributed by atoms with Gasteiger partial charge in [-0.05, 0) is 97.4 Å². The number of aromatic nitrogens is 1. The highest BCUT2D eigenvalue weighted by atomic mass is 32.2. The van der Waals surface area contributed by atoms with Gasteiger partial charge in [-0.1, -0.05) is 6.08 Å². The van der Waals surface area contributed by atoms with Crippen LogP contribution in [0.3, 0.4) is 0 Å². The number of amides is 4. The molecule has 2 heterocycles. The van der Waals surface area contributed by atoms with Crippen molar-refractivity contribution in [3.05, 3.63) is 43.1 Å². The number of carbonyl (C=O) groups is 4. The summed E-state index contributed by atoms with van der Waals surface area (Å²) in [7, 11) is -2.36. The van der Waals surface area contributed by atoms with Crippen molar-refractivity contribution >= 4 is 44.6 Å². The predicted octanol–water partition coefficient (Wildman–Crippen LogP) is 3.36. The van der Waals surface area contributed by atoms with Gasteiger partial charge in [-0.3, -0.25) is 19.1 Å². The number of likely N-dealkylation sites (tertiary alicyclic amines) is 1. The van der Waals surface area contributed by atoms with Gasteiger partial charge < -0.3 is 34.5 Å². The van der Waals surface area contributed by atoms with Gasteiger partial charge in [-0.15, -0.1) is 6.58 Å². The molecule has 0 bridgehead atoms. The normalized spacial score (nSPS) is 24.1. The number of fused-ring (bicyclic) bond motifs is 1.